The molecule has 0 aliphatic carbocycles. The number of hydrogen-bond acceptors (Lipinski definition) is 8. The lowest BCUT2D eigenvalue weighted by atomic mass is 9.85. The van der Waals surface area contributed by atoms with Crippen LogP contribution in [-0.4, -0.2) is 69.7 Å². The van der Waals surface area contributed by atoms with Gasteiger partial charge in [0.15, 0.2) is 39.9 Å². The standard InChI is InChI=1S/C64H76N8O2Si2/c1-21-39(36-73-75(17,18)63(11,12)13)40(37-74-76(19,20)64(14,15)16)24-22-38-23-28-44-48(32-38)56-65-52(44)67-57-50-34-42(61(5,6)7)26-30-46(50)54(69-57)71-59-51-35-43(62(8,9)10)27-31-47(51)55(72-59)70-58-49-33-41(60(2,3)4)25-29-45(49)53(66-56)68-58/h1,23,25-35H,36-37H2,2-20H3,(H2,65,66,67,68,69,70,71,72)/b40-39+. The Morgan fingerprint density at radius 1 is 0.447 bits per heavy atom. The van der Waals surface area contributed by atoms with Gasteiger partial charge < -0.3 is 18.8 Å². The second kappa shape index (κ2) is 18.9. The number of nitrogens with one attached hydrogen (secondary N) is 2. The zero-order chi connectivity index (χ0) is 55.3. The van der Waals surface area contributed by atoms with Crippen LogP contribution in [0.5, 0.6) is 0 Å². The molecule has 0 saturated heterocycles. The first-order chi connectivity index (χ1) is 35.2. The molecule has 3 aromatic heterocycles. The van der Waals surface area contributed by atoms with Crippen LogP contribution in [-0.2, 0) is 25.1 Å². The van der Waals surface area contributed by atoms with Crippen LogP contribution in [0, 0.1) is 24.2 Å². The lowest BCUT2D eigenvalue weighted by Crippen LogP contribution is -2.42. The molecule has 0 radical (unpaired) electrons. The number of hydrogen-bond donors (Lipinski definition) is 2. The molecule has 9 rings (SSSR count). The van der Waals surface area contributed by atoms with Crippen molar-refractivity contribution in [2.75, 3.05) is 13.2 Å². The van der Waals surface area contributed by atoms with Crippen LogP contribution < -0.4 is 0 Å². The lowest BCUT2D eigenvalue weighted by Gasteiger charge is -2.37. The quantitative estimate of drug-likeness (QED) is 0.125. The van der Waals surface area contributed by atoms with Gasteiger partial charge in [0, 0.05) is 60.5 Å². The van der Waals surface area contributed by atoms with E-state index in [1.807, 2.05) is 18.2 Å². The molecule has 5 heterocycles. The van der Waals surface area contributed by atoms with E-state index in [1.54, 1.807) is 0 Å². The Bertz CT molecular complexity index is 3820. The SMILES string of the molecule is C#C/C(CO[Si](C)(C)C(C)(C)C)=C(/C#Cc1ccc2c(c1)-c1nc3nc(nc4[nH]c(nc5[nH]c(nc-2n1)c1cc(C(C)(C)C)ccc51)c1cc(C(C)(C)C)ccc41)-c1cc(C(C)(C)C)ccc1-3)CO[Si](C)(C)C(C)(C)C. The highest BCUT2D eigenvalue weighted by atomic mass is 28.4. The third kappa shape index (κ3) is 10.5. The van der Waals surface area contributed by atoms with E-state index in [0.717, 1.165) is 60.5 Å². The molecule has 4 aromatic carbocycles. The van der Waals surface area contributed by atoms with E-state index in [-0.39, 0.29) is 26.3 Å². The van der Waals surface area contributed by atoms with Crippen LogP contribution in [0.3, 0.4) is 0 Å². The highest BCUT2D eigenvalue weighted by molar-refractivity contribution is 6.74. The molecule has 7 aromatic rings. The number of aromatic nitrogens is 8. The molecule has 0 amide bonds. The zero-order valence-corrected chi connectivity index (χ0v) is 50.4. The average Bonchev–Trinajstić information content (AvgIpc) is 4.09. The van der Waals surface area contributed by atoms with Crippen LogP contribution in [0.25, 0.3) is 89.7 Å². The molecule has 0 fully saturated rings. The van der Waals surface area contributed by atoms with Gasteiger partial charge in [0.25, 0.3) is 0 Å². The van der Waals surface area contributed by atoms with Crippen molar-refractivity contribution in [2.45, 2.75) is 156 Å². The molecule has 0 saturated carbocycles. The Hall–Kier alpha value is -6.55. The topological polar surface area (TPSA) is 127 Å². The van der Waals surface area contributed by atoms with Crippen LogP contribution in [0.15, 0.2) is 83.9 Å². The highest BCUT2D eigenvalue weighted by Gasteiger charge is 2.39. The summed E-state index contributed by atoms with van der Waals surface area (Å²) in [7, 11) is -4.33. The van der Waals surface area contributed by atoms with E-state index >= 15 is 0 Å². The minimum Gasteiger partial charge on any atom is -0.412 e. The molecule has 12 heteroatoms. The third-order valence-corrected chi connectivity index (χ3v) is 25.0. The number of terminal acetylenes is 1. The summed E-state index contributed by atoms with van der Waals surface area (Å²) in [5.41, 5.74) is 11.4. The Morgan fingerprint density at radius 3 is 1.32 bits per heavy atom. The first-order valence-corrected chi connectivity index (χ1v) is 32.4. The summed E-state index contributed by atoms with van der Waals surface area (Å²) in [6.07, 6.45) is 6.32. The van der Waals surface area contributed by atoms with Crippen molar-refractivity contribution in [3.63, 3.8) is 0 Å². The van der Waals surface area contributed by atoms with Crippen molar-refractivity contribution in [1.82, 2.24) is 39.9 Å². The van der Waals surface area contributed by atoms with Crippen LogP contribution >= 0.6 is 0 Å². The smallest absolute Gasteiger partial charge is 0.192 e. The Labute approximate surface area is 452 Å². The molecule has 2 N–H and O–H groups in total. The van der Waals surface area contributed by atoms with Crippen LogP contribution in [0.2, 0.25) is 36.3 Å². The van der Waals surface area contributed by atoms with E-state index in [9.17, 15) is 0 Å². The molecular formula is C64H76N8O2Si2. The molecule has 2 aliphatic rings. The maximum Gasteiger partial charge on any atom is 0.192 e. The van der Waals surface area contributed by atoms with E-state index in [0.29, 0.717) is 64.7 Å². The summed E-state index contributed by atoms with van der Waals surface area (Å²) in [4.78, 5) is 39.4. The van der Waals surface area contributed by atoms with Gasteiger partial charge in [-0.15, -0.1) is 6.42 Å². The van der Waals surface area contributed by atoms with E-state index in [4.69, 9.17) is 45.2 Å². The first kappa shape index (κ1) is 54.3. The van der Waals surface area contributed by atoms with E-state index in [2.05, 4.69) is 212 Å². The summed E-state index contributed by atoms with van der Waals surface area (Å²) in [6.45, 7) is 43.0. The minimum atomic E-state index is -2.19. The second-order valence-electron chi connectivity index (χ2n) is 26.9. The predicted molar refractivity (Wildman–Crippen MR) is 321 cm³/mol. The summed E-state index contributed by atoms with van der Waals surface area (Å²) in [5, 5.41) is 3.79. The second-order valence-corrected chi connectivity index (χ2v) is 36.5. The van der Waals surface area contributed by atoms with Crippen molar-refractivity contribution < 1.29 is 8.85 Å². The zero-order valence-electron chi connectivity index (χ0n) is 48.4. The molecule has 0 atom stereocenters. The van der Waals surface area contributed by atoms with E-state index < -0.39 is 16.6 Å². The fourth-order valence-electron chi connectivity index (χ4n) is 8.77. The van der Waals surface area contributed by atoms with Gasteiger partial charge in [-0.2, -0.15) is 0 Å². The van der Waals surface area contributed by atoms with Gasteiger partial charge in [0.1, 0.15) is 22.6 Å². The first-order valence-electron chi connectivity index (χ1n) is 26.6. The van der Waals surface area contributed by atoms with Crippen molar-refractivity contribution >= 4 is 60.8 Å². The maximum atomic E-state index is 6.81. The number of fused-ring (bicyclic) bond motifs is 20. The number of benzene rings is 4. The van der Waals surface area contributed by atoms with Crippen LogP contribution in [0.4, 0.5) is 0 Å². The molecule has 76 heavy (non-hydrogen) atoms. The monoisotopic (exact) mass is 1040 g/mol. The van der Waals surface area contributed by atoms with Gasteiger partial charge >= 0.3 is 0 Å². The molecule has 2 aliphatic heterocycles. The highest BCUT2D eigenvalue weighted by Crippen LogP contribution is 2.42. The van der Waals surface area contributed by atoms with Gasteiger partial charge in [0.05, 0.1) is 13.2 Å². The summed E-state index contributed by atoms with van der Waals surface area (Å²) >= 11 is 0. The lowest BCUT2D eigenvalue weighted by molar-refractivity contribution is 0.308. The fourth-order valence-corrected chi connectivity index (χ4v) is 10.6. The summed E-state index contributed by atoms with van der Waals surface area (Å²) < 4.78 is 13.5. The number of H-pyrrole nitrogens is 2. The Morgan fingerprint density at radius 2 is 0.829 bits per heavy atom. The number of aromatic amines is 2. The van der Waals surface area contributed by atoms with Crippen molar-refractivity contribution in [1.29, 1.82) is 0 Å². The van der Waals surface area contributed by atoms with E-state index in [1.165, 1.54) is 11.1 Å². The summed E-state index contributed by atoms with van der Waals surface area (Å²) in [5.74, 6) is 12.0. The van der Waals surface area contributed by atoms with Crippen LogP contribution in [0.1, 0.15) is 126 Å². The predicted octanol–water partition coefficient (Wildman–Crippen LogP) is 16.1. The number of rotatable bonds is 6. The molecular weight excluding hydrogens is 969 g/mol. The van der Waals surface area contributed by atoms with Crippen molar-refractivity contribution in [3.8, 4) is 69.7 Å². The fraction of sp³-hybridized carbons (Fsp3) is 0.406. The molecule has 10 nitrogen and oxygen atoms in total. The minimum absolute atomic E-state index is 0.00632. The van der Waals surface area contributed by atoms with Crippen molar-refractivity contribution in [2.24, 2.45) is 0 Å². The van der Waals surface area contributed by atoms with Gasteiger partial charge in [-0.3, -0.25) is 0 Å². The van der Waals surface area contributed by atoms with Gasteiger partial charge in [-0.05, 0) is 106 Å². The van der Waals surface area contributed by atoms with Crippen molar-refractivity contribution in [3.05, 3.63) is 106 Å². The Kier molecular flexibility index (Phi) is 13.5. The molecule has 0 unspecified atom stereocenters. The normalized spacial score (nSPS) is 13.8. The Balaban J connectivity index is 1.32. The molecule has 8 bridgehead atoms. The average molecular weight is 1050 g/mol. The largest absolute Gasteiger partial charge is 0.412 e. The van der Waals surface area contributed by atoms with Gasteiger partial charge in [-0.25, -0.2) is 29.9 Å². The maximum absolute atomic E-state index is 6.81. The van der Waals surface area contributed by atoms with Gasteiger partial charge in [0.2, 0.25) is 0 Å². The third-order valence-electron chi connectivity index (χ3n) is 16.1. The molecule has 0 spiro atoms. The van der Waals surface area contributed by atoms with Gasteiger partial charge in [-0.1, -0.05) is 158 Å². The summed E-state index contributed by atoms with van der Waals surface area (Å²) in [6, 6.07) is 25.7. The molecule has 392 valence electrons. The number of nitrogens with zero attached hydrogens (tertiary/aromatic N) is 6.